The number of ether oxygens (including phenoxy) is 1. The van der Waals surface area contributed by atoms with Gasteiger partial charge in [-0.1, -0.05) is 26.0 Å². The van der Waals surface area contributed by atoms with E-state index in [1.54, 1.807) is 10.6 Å². The Balaban J connectivity index is 1.79. The number of thiophene rings is 1. The number of hydrogen-bond donors (Lipinski definition) is 1. The Hall–Kier alpha value is -2.60. The Morgan fingerprint density at radius 2 is 1.92 bits per heavy atom. The number of hydrogen-bond acceptors (Lipinski definition) is 4. The molecule has 2 heterocycles. The summed E-state index contributed by atoms with van der Waals surface area (Å²) in [7, 11) is 1.34. The van der Waals surface area contributed by atoms with Crippen LogP contribution in [-0.2, 0) is 16.1 Å². The van der Waals surface area contributed by atoms with Crippen molar-refractivity contribution in [1.82, 2.24) is 4.57 Å². The van der Waals surface area contributed by atoms with E-state index >= 15 is 0 Å². The fourth-order valence-electron chi connectivity index (χ4n) is 2.70. The van der Waals surface area contributed by atoms with Crippen molar-refractivity contribution >= 4 is 39.1 Å². The third-order valence-corrected chi connectivity index (χ3v) is 5.01. The lowest BCUT2D eigenvalue weighted by Crippen LogP contribution is -2.21. The molecule has 0 saturated carbocycles. The Morgan fingerprint density at radius 3 is 2.56 bits per heavy atom. The molecule has 0 radical (unpaired) electrons. The molecule has 0 atom stereocenters. The highest BCUT2D eigenvalue weighted by molar-refractivity contribution is 7.16. The lowest BCUT2D eigenvalue weighted by atomic mass is 10.0. The lowest BCUT2D eigenvalue weighted by molar-refractivity contribution is -0.116. The fraction of sp³-hybridized carbons (Fsp3) is 0.263. The second kappa shape index (κ2) is 7.11. The molecule has 5 nitrogen and oxygen atoms in total. The summed E-state index contributed by atoms with van der Waals surface area (Å²) in [6, 6.07) is 11.5. The van der Waals surface area contributed by atoms with Crippen molar-refractivity contribution in [3.63, 3.8) is 0 Å². The van der Waals surface area contributed by atoms with Gasteiger partial charge in [0.25, 0.3) is 0 Å². The van der Waals surface area contributed by atoms with Gasteiger partial charge in [-0.15, -0.1) is 11.3 Å². The zero-order chi connectivity index (χ0) is 18.0. The first-order valence-corrected chi connectivity index (χ1v) is 8.92. The predicted octanol–water partition coefficient (Wildman–Crippen LogP) is 4.25. The first kappa shape index (κ1) is 17.2. The van der Waals surface area contributed by atoms with Gasteiger partial charge in [0, 0.05) is 11.1 Å². The molecule has 3 aromatic rings. The van der Waals surface area contributed by atoms with Crippen LogP contribution in [0, 0.1) is 0 Å². The average Bonchev–Trinajstić information content (AvgIpc) is 3.17. The number of carbonyl (C=O) groups excluding carboxylic acids is 2. The van der Waals surface area contributed by atoms with Crippen LogP contribution in [0.5, 0.6) is 0 Å². The maximum absolute atomic E-state index is 12.4. The molecular weight excluding hydrogens is 336 g/mol. The monoisotopic (exact) mass is 356 g/mol. The minimum absolute atomic E-state index is 0.0559. The van der Waals surface area contributed by atoms with Crippen LogP contribution in [0.15, 0.2) is 41.8 Å². The van der Waals surface area contributed by atoms with Crippen molar-refractivity contribution in [2.24, 2.45) is 0 Å². The molecule has 0 saturated heterocycles. The summed E-state index contributed by atoms with van der Waals surface area (Å²) in [5.74, 6) is -0.190. The molecule has 25 heavy (non-hydrogen) atoms. The van der Waals surface area contributed by atoms with Gasteiger partial charge in [0.05, 0.1) is 7.11 Å². The summed E-state index contributed by atoms with van der Waals surface area (Å²) in [5, 5.41) is 5.75. The van der Waals surface area contributed by atoms with E-state index in [1.807, 2.05) is 35.7 Å². The van der Waals surface area contributed by atoms with Crippen LogP contribution in [-0.4, -0.2) is 23.6 Å². The minimum atomic E-state index is -0.447. The highest BCUT2D eigenvalue weighted by atomic mass is 32.1. The van der Waals surface area contributed by atoms with Gasteiger partial charge in [0.1, 0.15) is 17.1 Å². The summed E-state index contributed by atoms with van der Waals surface area (Å²) < 4.78 is 6.52. The molecule has 0 aliphatic rings. The summed E-state index contributed by atoms with van der Waals surface area (Å²) >= 11 is 1.49. The number of methoxy groups -OCH3 is 1. The fourth-order valence-corrected chi connectivity index (χ4v) is 3.60. The highest BCUT2D eigenvalue weighted by Crippen LogP contribution is 2.26. The van der Waals surface area contributed by atoms with E-state index in [2.05, 4.69) is 19.2 Å². The molecule has 0 aliphatic heterocycles. The Morgan fingerprint density at radius 1 is 1.20 bits per heavy atom. The first-order valence-electron chi connectivity index (χ1n) is 8.04. The molecule has 2 aromatic heterocycles. The Kier molecular flexibility index (Phi) is 4.90. The molecule has 0 aliphatic carbocycles. The molecule has 3 rings (SSSR count). The first-order chi connectivity index (χ1) is 12.0. The lowest BCUT2D eigenvalue weighted by Gasteiger charge is -2.11. The molecule has 6 heteroatoms. The Bertz CT molecular complexity index is 907. The average molecular weight is 356 g/mol. The second-order valence-corrected chi connectivity index (χ2v) is 7.01. The van der Waals surface area contributed by atoms with E-state index in [-0.39, 0.29) is 12.5 Å². The predicted molar refractivity (Wildman–Crippen MR) is 100 cm³/mol. The van der Waals surface area contributed by atoms with Gasteiger partial charge in [0.15, 0.2) is 0 Å². The van der Waals surface area contributed by atoms with Crippen LogP contribution >= 0.6 is 11.3 Å². The molecule has 0 spiro atoms. The van der Waals surface area contributed by atoms with E-state index in [1.165, 1.54) is 24.0 Å². The number of rotatable bonds is 5. The van der Waals surface area contributed by atoms with Crippen LogP contribution < -0.4 is 5.32 Å². The Labute approximate surface area is 150 Å². The van der Waals surface area contributed by atoms with Gasteiger partial charge in [-0.25, -0.2) is 4.79 Å². The van der Waals surface area contributed by atoms with Gasteiger partial charge in [0.2, 0.25) is 5.91 Å². The number of amides is 1. The highest BCUT2D eigenvalue weighted by Gasteiger charge is 2.19. The number of benzene rings is 1. The van der Waals surface area contributed by atoms with Crippen molar-refractivity contribution in [2.45, 2.75) is 26.3 Å². The normalized spacial score (nSPS) is 11.0. The second-order valence-electron chi connectivity index (χ2n) is 6.11. The smallest absolute Gasteiger partial charge is 0.354 e. The molecular formula is C19H20N2O3S. The van der Waals surface area contributed by atoms with Crippen molar-refractivity contribution in [2.75, 3.05) is 12.4 Å². The molecule has 0 bridgehead atoms. The number of nitrogens with one attached hydrogen (secondary N) is 1. The van der Waals surface area contributed by atoms with Crippen LogP contribution in [0.3, 0.4) is 0 Å². The SMILES string of the molecule is COC(=O)c1cc2ccsc2n1CC(=O)Nc1ccc(C(C)C)cc1. The van der Waals surface area contributed by atoms with E-state index in [4.69, 9.17) is 4.74 Å². The third kappa shape index (κ3) is 3.58. The number of aromatic nitrogens is 1. The molecule has 1 amide bonds. The summed E-state index contributed by atoms with van der Waals surface area (Å²) in [5.41, 5.74) is 2.34. The standard InChI is InChI=1S/C19H20N2O3S/c1-12(2)13-4-6-15(7-5-13)20-17(22)11-21-16(19(23)24-3)10-14-8-9-25-18(14)21/h4-10,12H,11H2,1-3H3,(H,20,22). The molecule has 1 aromatic carbocycles. The number of esters is 1. The quantitative estimate of drug-likeness (QED) is 0.695. The van der Waals surface area contributed by atoms with Crippen LogP contribution in [0.1, 0.15) is 35.8 Å². The topological polar surface area (TPSA) is 60.3 Å². The van der Waals surface area contributed by atoms with Crippen molar-refractivity contribution in [3.05, 3.63) is 53.0 Å². The molecule has 0 fully saturated rings. The van der Waals surface area contributed by atoms with E-state index in [9.17, 15) is 9.59 Å². The van der Waals surface area contributed by atoms with Gasteiger partial charge >= 0.3 is 5.97 Å². The van der Waals surface area contributed by atoms with E-state index < -0.39 is 5.97 Å². The van der Waals surface area contributed by atoms with E-state index in [0.29, 0.717) is 11.6 Å². The molecule has 1 N–H and O–H groups in total. The zero-order valence-corrected chi connectivity index (χ0v) is 15.2. The summed E-state index contributed by atoms with van der Waals surface area (Å²) in [6.45, 7) is 4.31. The van der Waals surface area contributed by atoms with Gasteiger partial charge in [-0.3, -0.25) is 4.79 Å². The van der Waals surface area contributed by atoms with Crippen LogP contribution in [0.25, 0.3) is 10.2 Å². The van der Waals surface area contributed by atoms with Crippen LogP contribution in [0.2, 0.25) is 0 Å². The maximum Gasteiger partial charge on any atom is 0.354 e. The van der Waals surface area contributed by atoms with Crippen LogP contribution in [0.4, 0.5) is 5.69 Å². The minimum Gasteiger partial charge on any atom is -0.464 e. The van der Waals surface area contributed by atoms with Crippen molar-refractivity contribution in [1.29, 1.82) is 0 Å². The number of anilines is 1. The third-order valence-electron chi connectivity index (χ3n) is 4.06. The van der Waals surface area contributed by atoms with Crippen molar-refractivity contribution in [3.8, 4) is 0 Å². The van der Waals surface area contributed by atoms with Gasteiger partial charge in [-0.2, -0.15) is 0 Å². The molecule has 130 valence electrons. The van der Waals surface area contributed by atoms with Crippen molar-refractivity contribution < 1.29 is 14.3 Å². The summed E-state index contributed by atoms with van der Waals surface area (Å²) in [6.07, 6.45) is 0. The molecule has 0 unspecified atom stereocenters. The largest absolute Gasteiger partial charge is 0.464 e. The summed E-state index contributed by atoms with van der Waals surface area (Å²) in [4.78, 5) is 25.3. The van der Waals surface area contributed by atoms with Gasteiger partial charge < -0.3 is 14.6 Å². The maximum atomic E-state index is 12.4. The van der Waals surface area contributed by atoms with E-state index in [0.717, 1.165) is 15.9 Å². The number of fused-ring (bicyclic) bond motifs is 1. The number of nitrogens with zero attached hydrogens (tertiary/aromatic N) is 1. The zero-order valence-electron chi connectivity index (χ0n) is 14.4. The van der Waals surface area contributed by atoms with Gasteiger partial charge in [-0.05, 0) is 41.1 Å². The number of carbonyl (C=O) groups is 2.